The molecule has 0 atom stereocenters. The smallest absolute Gasteiger partial charge is 0.310 e. The van der Waals surface area contributed by atoms with Crippen molar-refractivity contribution in [2.24, 2.45) is 0 Å². The highest BCUT2D eigenvalue weighted by Gasteiger charge is 2.14. The minimum absolute atomic E-state index is 0.0851. The van der Waals surface area contributed by atoms with Crippen LogP contribution < -0.4 is 9.47 Å². The topological polar surface area (TPSA) is 65.0 Å². The second kappa shape index (κ2) is 8.08. The van der Waals surface area contributed by atoms with Gasteiger partial charge in [0.2, 0.25) is 5.75 Å². The molecule has 0 aliphatic carbocycles. The van der Waals surface area contributed by atoms with Crippen LogP contribution in [0.5, 0.6) is 17.2 Å². The van der Waals surface area contributed by atoms with Crippen LogP contribution in [0, 0.1) is 0 Å². The van der Waals surface area contributed by atoms with Crippen molar-refractivity contribution in [3.63, 3.8) is 0 Å². The van der Waals surface area contributed by atoms with Crippen molar-refractivity contribution >= 4 is 5.97 Å². The lowest BCUT2D eigenvalue weighted by Crippen LogP contribution is -2.10. The molecule has 0 unspecified atom stereocenters. The number of esters is 1. The third-order valence-electron chi connectivity index (χ3n) is 3.38. The lowest BCUT2D eigenvalue weighted by Gasteiger charge is -2.11. The molecule has 0 heterocycles. The van der Waals surface area contributed by atoms with E-state index in [1.807, 2.05) is 30.3 Å². The molecule has 0 spiro atoms. The summed E-state index contributed by atoms with van der Waals surface area (Å²) in [6.07, 6.45) is 0.761. The number of phenolic OH excluding ortho intramolecular Hbond substituents is 1. The number of benzene rings is 2. The van der Waals surface area contributed by atoms with Crippen LogP contribution >= 0.6 is 0 Å². The zero-order chi connectivity index (χ0) is 16.7. The van der Waals surface area contributed by atoms with Crippen molar-refractivity contribution in [2.75, 3.05) is 20.8 Å². The first-order valence-electron chi connectivity index (χ1n) is 7.27. The van der Waals surface area contributed by atoms with Crippen LogP contribution in [-0.2, 0) is 22.4 Å². The van der Waals surface area contributed by atoms with Crippen molar-refractivity contribution in [2.45, 2.75) is 12.8 Å². The standard InChI is InChI=1S/C18H20O5/c1-21-15-10-14(11-16(22-2)18(15)20)12-17(19)23-9-8-13-6-4-3-5-7-13/h3-7,10-11,20H,8-9,12H2,1-2H3. The number of methoxy groups -OCH3 is 2. The van der Waals surface area contributed by atoms with Crippen LogP contribution in [0.4, 0.5) is 0 Å². The molecule has 0 aromatic heterocycles. The number of hydrogen-bond acceptors (Lipinski definition) is 5. The first kappa shape index (κ1) is 16.7. The quantitative estimate of drug-likeness (QED) is 0.796. The molecule has 0 aliphatic heterocycles. The van der Waals surface area contributed by atoms with E-state index in [2.05, 4.69) is 0 Å². The lowest BCUT2D eigenvalue weighted by molar-refractivity contribution is -0.142. The van der Waals surface area contributed by atoms with Crippen molar-refractivity contribution in [3.8, 4) is 17.2 Å². The SMILES string of the molecule is COc1cc(CC(=O)OCCc2ccccc2)cc(OC)c1O. The summed E-state index contributed by atoms with van der Waals surface area (Å²) in [5, 5.41) is 9.85. The van der Waals surface area contributed by atoms with E-state index >= 15 is 0 Å². The van der Waals surface area contributed by atoms with Gasteiger partial charge < -0.3 is 19.3 Å². The predicted molar refractivity (Wildman–Crippen MR) is 86.0 cm³/mol. The Bertz CT molecular complexity index is 627. The Morgan fingerprint density at radius 1 is 1.00 bits per heavy atom. The van der Waals surface area contributed by atoms with Crippen LogP contribution in [0.25, 0.3) is 0 Å². The molecule has 23 heavy (non-hydrogen) atoms. The first-order chi connectivity index (χ1) is 11.1. The molecule has 0 aliphatic rings. The van der Waals surface area contributed by atoms with Crippen molar-refractivity contribution < 1.29 is 24.1 Å². The van der Waals surface area contributed by atoms with E-state index in [1.54, 1.807) is 12.1 Å². The molecule has 0 saturated carbocycles. The van der Waals surface area contributed by atoms with E-state index in [0.29, 0.717) is 18.6 Å². The van der Waals surface area contributed by atoms with E-state index in [1.165, 1.54) is 14.2 Å². The number of aromatic hydroxyl groups is 1. The van der Waals surface area contributed by atoms with Crippen LogP contribution in [0.15, 0.2) is 42.5 Å². The molecule has 0 saturated heterocycles. The molecule has 2 aromatic carbocycles. The number of ether oxygens (including phenoxy) is 3. The fourth-order valence-corrected chi connectivity index (χ4v) is 2.19. The number of carbonyl (C=O) groups is 1. The third kappa shape index (κ3) is 4.64. The van der Waals surface area contributed by atoms with Crippen LogP contribution in [0.2, 0.25) is 0 Å². The Morgan fingerprint density at radius 3 is 2.17 bits per heavy atom. The minimum Gasteiger partial charge on any atom is -0.502 e. The molecular weight excluding hydrogens is 296 g/mol. The van der Waals surface area contributed by atoms with Crippen LogP contribution in [-0.4, -0.2) is 31.9 Å². The van der Waals surface area contributed by atoms with Gasteiger partial charge in [-0.1, -0.05) is 30.3 Å². The third-order valence-corrected chi connectivity index (χ3v) is 3.38. The average molecular weight is 316 g/mol. The van der Waals surface area contributed by atoms with Gasteiger partial charge in [-0.3, -0.25) is 4.79 Å². The van der Waals surface area contributed by atoms with Crippen LogP contribution in [0.3, 0.4) is 0 Å². The van der Waals surface area contributed by atoms with Gasteiger partial charge in [-0.05, 0) is 23.3 Å². The van der Waals surface area contributed by atoms with Gasteiger partial charge in [0.15, 0.2) is 11.5 Å². The number of rotatable bonds is 7. The van der Waals surface area contributed by atoms with Crippen molar-refractivity contribution in [3.05, 3.63) is 53.6 Å². The Kier molecular flexibility index (Phi) is 5.86. The van der Waals surface area contributed by atoms with Crippen LogP contribution in [0.1, 0.15) is 11.1 Å². The number of phenols is 1. The van der Waals surface area contributed by atoms with Gasteiger partial charge in [-0.15, -0.1) is 0 Å². The molecule has 2 aromatic rings. The van der Waals surface area contributed by atoms with Gasteiger partial charge in [0.05, 0.1) is 27.2 Å². The fourth-order valence-electron chi connectivity index (χ4n) is 2.19. The normalized spacial score (nSPS) is 10.2. The second-order valence-electron chi connectivity index (χ2n) is 4.98. The zero-order valence-electron chi connectivity index (χ0n) is 13.2. The lowest BCUT2D eigenvalue weighted by atomic mass is 10.1. The van der Waals surface area contributed by atoms with Gasteiger partial charge in [-0.2, -0.15) is 0 Å². The highest BCUT2D eigenvalue weighted by molar-refractivity contribution is 5.73. The van der Waals surface area contributed by atoms with E-state index in [9.17, 15) is 9.90 Å². The molecule has 0 bridgehead atoms. The number of hydrogen-bond donors (Lipinski definition) is 1. The summed E-state index contributed by atoms with van der Waals surface area (Å²) in [6.45, 7) is 0.329. The Hall–Kier alpha value is -2.69. The molecule has 0 radical (unpaired) electrons. The molecule has 1 N–H and O–H groups in total. The summed E-state index contributed by atoms with van der Waals surface area (Å²) in [5.74, 6) is 0.0970. The predicted octanol–water partition coefficient (Wildman–Crippen LogP) is 2.74. The number of carbonyl (C=O) groups excluding carboxylic acids is 1. The minimum atomic E-state index is -0.337. The van der Waals surface area contributed by atoms with E-state index in [4.69, 9.17) is 14.2 Å². The van der Waals surface area contributed by atoms with E-state index in [0.717, 1.165) is 5.56 Å². The zero-order valence-corrected chi connectivity index (χ0v) is 13.2. The Labute approximate surface area is 135 Å². The van der Waals surface area contributed by atoms with Crippen molar-refractivity contribution in [1.29, 1.82) is 0 Å². The van der Waals surface area contributed by atoms with Gasteiger partial charge >= 0.3 is 5.97 Å². The highest BCUT2D eigenvalue weighted by atomic mass is 16.5. The molecule has 122 valence electrons. The maximum absolute atomic E-state index is 11.9. The Balaban J connectivity index is 1.92. The van der Waals surface area contributed by atoms with E-state index in [-0.39, 0.29) is 29.6 Å². The summed E-state index contributed by atoms with van der Waals surface area (Å²) in [4.78, 5) is 11.9. The van der Waals surface area contributed by atoms with E-state index < -0.39 is 0 Å². The summed E-state index contributed by atoms with van der Waals surface area (Å²) >= 11 is 0. The summed E-state index contributed by atoms with van der Waals surface area (Å²) in [6, 6.07) is 13.0. The van der Waals surface area contributed by atoms with Gasteiger partial charge in [0, 0.05) is 6.42 Å². The maximum atomic E-state index is 11.9. The molecular formula is C18H20O5. The summed E-state index contributed by atoms with van der Waals surface area (Å²) in [7, 11) is 2.88. The van der Waals surface area contributed by atoms with Gasteiger partial charge in [0.25, 0.3) is 0 Å². The van der Waals surface area contributed by atoms with Gasteiger partial charge in [-0.25, -0.2) is 0 Å². The monoisotopic (exact) mass is 316 g/mol. The first-order valence-corrected chi connectivity index (χ1v) is 7.27. The fraction of sp³-hybridized carbons (Fsp3) is 0.278. The second-order valence-corrected chi connectivity index (χ2v) is 4.98. The van der Waals surface area contributed by atoms with Crippen molar-refractivity contribution in [1.82, 2.24) is 0 Å². The average Bonchev–Trinajstić information content (AvgIpc) is 2.57. The Morgan fingerprint density at radius 2 is 1.61 bits per heavy atom. The molecule has 0 amide bonds. The maximum Gasteiger partial charge on any atom is 0.310 e. The highest BCUT2D eigenvalue weighted by Crippen LogP contribution is 2.37. The summed E-state index contributed by atoms with van der Waals surface area (Å²) < 4.78 is 15.4. The molecule has 5 heteroatoms. The van der Waals surface area contributed by atoms with Gasteiger partial charge in [0.1, 0.15) is 0 Å². The largest absolute Gasteiger partial charge is 0.502 e. The summed E-state index contributed by atoms with van der Waals surface area (Å²) in [5.41, 5.74) is 1.77. The molecule has 5 nitrogen and oxygen atoms in total. The molecule has 0 fully saturated rings. The molecule has 2 rings (SSSR count).